The van der Waals surface area contributed by atoms with Crippen LogP contribution in [0.1, 0.15) is 11.1 Å². The van der Waals surface area contributed by atoms with Gasteiger partial charge in [0.25, 0.3) is 5.91 Å². The van der Waals surface area contributed by atoms with Gasteiger partial charge >= 0.3 is 0 Å². The summed E-state index contributed by atoms with van der Waals surface area (Å²) in [5.41, 5.74) is 3.18. The number of fused-ring (bicyclic) bond motifs is 2. The molecule has 1 amide bonds. The van der Waals surface area contributed by atoms with Crippen molar-refractivity contribution in [1.29, 1.82) is 0 Å². The second-order valence-corrected chi connectivity index (χ2v) is 8.10. The molecule has 0 N–H and O–H groups in total. The van der Waals surface area contributed by atoms with Gasteiger partial charge in [-0.2, -0.15) is 0 Å². The van der Waals surface area contributed by atoms with Crippen molar-refractivity contribution in [2.24, 2.45) is 0 Å². The minimum atomic E-state index is -0.0309. The molecule has 0 atom stereocenters. The molecule has 0 bridgehead atoms. The summed E-state index contributed by atoms with van der Waals surface area (Å²) in [7, 11) is 3.15. The summed E-state index contributed by atoms with van der Waals surface area (Å²) in [4.78, 5) is 23.1. The van der Waals surface area contributed by atoms with Gasteiger partial charge in [-0.3, -0.25) is 4.79 Å². The Balaban J connectivity index is 1.23. The molecule has 4 aromatic rings. The number of benzene rings is 3. The highest BCUT2D eigenvalue weighted by atomic mass is 16.5. The molecule has 1 aliphatic rings. The zero-order valence-electron chi connectivity index (χ0n) is 19.6. The predicted octanol–water partition coefficient (Wildman–Crippen LogP) is 4.40. The van der Waals surface area contributed by atoms with Crippen LogP contribution in [-0.4, -0.2) is 48.1 Å². The lowest BCUT2D eigenvalue weighted by Crippen LogP contribution is -2.38. The summed E-state index contributed by atoms with van der Waals surface area (Å²) in [6.07, 6.45) is 2.30. The van der Waals surface area contributed by atoms with Crippen molar-refractivity contribution in [2.45, 2.75) is 13.0 Å². The molecule has 0 saturated carbocycles. The van der Waals surface area contributed by atoms with E-state index in [2.05, 4.69) is 22.1 Å². The Morgan fingerprint density at radius 3 is 2.40 bits per heavy atom. The molecule has 1 aliphatic heterocycles. The van der Waals surface area contributed by atoms with Crippen LogP contribution in [0.5, 0.6) is 28.9 Å². The Morgan fingerprint density at radius 1 is 0.914 bits per heavy atom. The van der Waals surface area contributed by atoms with Gasteiger partial charge in [0, 0.05) is 19.2 Å². The summed E-state index contributed by atoms with van der Waals surface area (Å²) in [5.74, 6) is 2.66. The van der Waals surface area contributed by atoms with E-state index in [1.165, 1.54) is 17.5 Å². The Morgan fingerprint density at radius 2 is 1.63 bits per heavy atom. The zero-order valence-corrected chi connectivity index (χ0v) is 19.6. The van der Waals surface area contributed by atoms with Crippen molar-refractivity contribution in [3.63, 3.8) is 0 Å². The van der Waals surface area contributed by atoms with Crippen LogP contribution in [0.15, 0.2) is 67.0 Å². The number of carbonyl (C=O) groups is 1. The van der Waals surface area contributed by atoms with Crippen LogP contribution in [0.4, 0.5) is 0 Å². The van der Waals surface area contributed by atoms with Gasteiger partial charge in [-0.25, -0.2) is 9.97 Å². The van der Waals surface area contributed by atoms with Crippen LogP contribution in [0.25, 0.3) is 10.9 Å². The van der Waals surface area contributed by atoms with Gasteiger partial charge in [-0.15, -0.1) is 0 Å². The molecule has 2 heterocycles. The second kappa shape index (κ2) is 9.89. The van der Waals surface area contributed by atoms with Crippen molar-refractivity contribution >= 4 is 16.8 Å². The van der Waals surface area contributed by atoms with Crippen molar-refractivity contribution in [1.82, 2.24) is 14.9 Å². The molecule has 0 spiro atoms. The third kappa shape index (κ3) is 4.82. The number of hydrogen-bond acceptors (Lipinski definition) is 7. The highest BCUT2D eigenvalue weighted by Gasteiger charge is 2.20. The van der Waals surface area contributed by atoms with E-state index < -0.39 is 0 Å². The molecule has 0 aliphatic carbocycles. The van der Waals surface area contributed by atoms with E-state index in [9.17, 15) is 4.79 Å². The first kappa shape index (κ1) is 22.5. The van der Waals surface area contributed by atoms with Gasteiger partial charge < -0.3 is 23.8 Å². The van der Waals surface area contributed by atoms with E-state index in [-0.39, 0.29) is 12.5 Å². The van der Waals surface area contributed by atoms with E-state index in [0.717, 1.165) is 6.42 Å². The monoisotopic (exact) mass is 471 g/mol. The fourth-order valence-electron chi connectivity index (χ4n) is 4.10. The Labute approximate surface area is 203 Å². The zero-order chi connectivity index (χ0) is 24.2. The predicted molar refractivity (Wildman–Crippen MR) is 130 cm³/mol. The maximum absolute atomic E-state index is 12.7. The Hall–Kier alpha value is -4.33. The average Bonchev–Trinajstić information content (AvgIpc) is 2.91. The lowest BCUT2D eigenvalue weighted by atomic mass is 10.00. The number of amides is 1. The molecule has 1 aromatic heterocycles. The van der Waals surface area contributed by atoms with Gasteiger partial charge in [0.15, 0.2) is 18.1 Å². The van der Waals surface area contributed by atoms with Crippen LogP contribution in [-0.2, 0) is 17.8 Å². The van der Waals surface area contributed by atoms with Crippen LogP contribution >= 0.6 is 0 Å². The van der Waals surface area contributed by atoms with Crippen LogP contribution in [0.3, 0.4) is 0 Å². The first-order valence-electron chi connectivity index (χ1n) is 11.3. The SMILES string of the molecule is COc1cc2ncnc(Oc3ccc(OCC(=O)N4CCc5ccccc5C4)cc3)c2cc1OC. The van der Waals surface area contributed by atoms with E-state index in [4.69, 9.17) is 18.9 Å². The fourth-order valence-corrected chi connectivity index (χ4v) is 4.10. The number of methoxy groups -OCH3 is 2. The molecule has 5 rings (SSSR count). The largest absolute Gasteiger partial charge is 0.493 e. The standard InChI is InChI=1S/C27H25N3O5/c1-32-24-13-22-23(14-25(24)33-2)28-17-29-27(22)35-21-9-7-20(8-10-21)34-16-26(31)30-12-11-18-5-3-4-6-19(18)15-30/h3-10,13-14,17H,11-12,15-16H2,1-2H3. The summed E-state index contributed by atoms with van der Waals surface area (Å²) < 4.78 is 22.5. The van der Waals surface area contributed by atoms with Gasteiger partial charge in [0.2, 0.25) is 5.88 Å². The lowest BCUT2D eigenvalue weighted by Gasteiger charge is -2.28. The minimum Gasteiger partial charge on any atom is -0.493 e. The smallest absolute Gasteiger partial charge is 0.260 e. The first-order chi connectivity index (χ1) is 17.1. The first-order valence-corrected chi connectivity index (χ1v) is 11.3. The second-order valence-electron chi connectivity index (χ2n) is 8.10. The summed E-state index contributed by atoms with van der Waals surface area (Å²) in [5, 5.41) is 0.694. The number of carbonyl (C=O) groups excluding carboxylic acids is 1. The van der Waals surface area contributed by atoms with E-state index in [0.29, 0.717) is 52.9 Å². The minimum absolute atomic E-state index is 0.0133. The maximum Gasteiger partial charge on any atom is 0.260 e. The molecule has 0 radical (unpaired) electrons. The Bertz CT molecular complexity index is 1360. The molecule has 8 heteroatoms. The fraction of sp³-hybridized carbons (Fsp3) is 0.222. The molecular weight excluding hydrogens is 446 g/mol. The molecule has 178 valence electrons. The van der Waals surface area contributed by atoms with Crippen LogP contribution < -0.4 is 18.9 Å². The van der Waals surface area contributed by atoms with E-state index in [1.54, 1.807) is 50.6 Å². The molecule has 35 heavy (non-hydrogen) atoms. The molecule has 3 aromatic carbocycles. The quantitative estimate of drug-likeness (QED) is 0.395. The lowest BCUT2D eigenvalue weighted by molar-refractivity contribution is -0.134. The van der Waals surface area contributed by atoms with Crippen molar-refractivity contribution in [3.8, 4) is 28.9 Å². The van der Waals surface area contributed by atoms with Crippen LogP contribution in [0.2, 0.25) is 0 Å². The van der Waals surface area contributed by atoms with Gasteiger partial charge in [-0.05, 0) is 47.9 Å². The topological polar surface area (TPSA) is 83.0 Å². The van der Waals surface area contributed by atoms with Crippen molar-refractivity contribution < 1.29 is 23.7 Å². The summed E-state index contributed by atoms with van der Waals surface area (Å²) in [6.45, 7) is 1.31. The van der Waals surface area contributed by atoms with Gasteiger partial charge in [0.05, 0.1) is 25.1 Å². The number of ether oxygens (including phenoxy) is 4. The highest BCUT2D eigenvalue weighted by molar-refractivity contribution is 5.87. The number of aromatic nitrogens is 2. The molecule has 0 unspecified atom stereocenters. The third-order valence-corrected chi connectivity index (χ3v) is 5.99. The molecule has 0 fully saturated rings. The van der Waals surface area contributed by atoms with Gasteiger partial charge in [-0.1, -0.05) is 24.3 Å². The Kier molecular flexibility index (Phi) is 6.34. The van der Waals surface area contributed by atoms with Crippen molar-refractivity contribution in [3.05, 3.63) is 78.1 Å². The maximum atomic E-state index is 12.7. The highest BCUT2D eigenvalue weighted by Crippen LogP contribution is 2.36. The van der Waals surface area contributed by atoms with E-state index in [1.807, 2.05) is 17.0 Å². The van der Waals surface area contributed by atoms with Crippen LogP contribution in [0, 0.1) is 0 Å². The van der Waals surface area contributed by atoms with Crippen molar-refractivity contribution in [2.75, 3.05) is 27.4 Å². The summed E-state index contributed by atoms with van der Waals surface area (Å²) in [6, 6.07) is 18.9. The molecule has 8 nitrogen and oxygen atoms in total. The molecule has 0 saturated heterocycles. The van der Waals surface area contributed by atoms with Gasteiger partial charge in [0.1, 0.15) is 17.8 Å². The molecular formula is C27H25N3O5. The number of nitrogens with zero attached hydrogens (tertiary/aromatic N) is 3. The normalized spacial score (nSPS) is 12.7. The summed E-state index contributed by atoms with van der Waals surface area (Å²) >= 11 is 0. The number of hydrogen-bond donors (Lipinski definition) is 0. The number of rotatable bonds is 7. The van der Waals surface area contributed by atoms with E-state index >= 15 is 0 Å². The third-order valence-electron chi connectivity index (χ3n) is 5.99. The average molecular weight is 472 g/mol.